The molecule has 0 rings (SSSR count). The van der Waals surface area contributed by atoms with E-state index in [0.717, 1.165) is 9.53 Å². The minimum absolute atomic E-state index is 0.420. The second kappa shape index (κ2) is 4.91. The van der Waals surface area contributed by atoms with Crippen LogP contribution in [0.15, 0.2) is 22.7 Å². The molecular formula is C7H12OSn. The van der Waals surface area contributed by atoms with Gasteiger partial charge in [0.1, 0.15) is 0 Å². The van der Waals surface area contributed by atoms with Crippen LogP contribution >= 0.6 is 0 Å². The van der Waals surface area contributed by atoms with Crippen molar-refractivity contribution >= 4 is 21.1 Å². The molecule has 2 radical (unpaired) electrons. The third kappa shape index (κ3) is 5.96. The number of ether oxygens (including phenoxy) is 1. The maximum absolute atomic E-state index is 5.18. The first-order chi connectivity index (χ1) is 4.16. The zero-order valence-electron chi connectivity index (χ0n) is 6.03. The Morgan fingerprint density at radius 1 is 1.56 bits per heavy atom. The SMILES string of the molecule is C=C(C)O[C](=C)[Sn][CH2]C. The third-order valence-electron chi connectivity index (χ3n) is 0.671. The summed E-state index contributed by atoms with van der Waals surface area (Å²) in [6.45, 7) is 11.4. The van der Waals surface area contributed by atoms with Crippen LogP contribution in [0.4, 0.5) is 0 Å². The Balaban J connectivity index is 3.39. The second-order valence-electron chi connectivity index (χ2n) is 1.76. The molecule has 0 bridgehead atoms. The summed E-state index contributed by atoms with van der Waals surface area (Å²) in [7, 11) is 0. The van der Waals surface area contributed by atoms with Crippen LogP contribution in [-0.4, -0.2) is 21.1 Å². The van der Waals surface area contributed by atoms with E-state index in [0.29, 0.717) is 0 Å². The van der Waals surface area contributed by atoms with Gasteiger partial charge in [0.05, 0.1) is 0 Å². The van der Waals surface area contributed by atoms with E-state index < -0.39 is 21.1 Å². The van der Waals surface area contributed by atoms with Gasteiger partial charge in [-0.2, -0.15) is 0 Å². The molecule has 0 aromatic heterocycles. The fourth-order valence-electron chi connectivity index (χ4n) is 0.444. The monoisotopic (exact) mass is 232 g/mol. The van der Waals surface area contributed by atoms with Crippen LogP contribution in [0.1, 0.15) is 13.8 Å². The van der Waals surface area contributed by atoms with Gasteiger partial charge in [0.25, 0.3) is 0 Å². The molecule has 0 unspecified atom stereocenters. The van der Waals surface area contributed by atoms with E-state index in [1.165, 1.54) is 4.44 Å². The van der Waals surface area contributed by atoms with Gasteiger partial charge in [-0.15, -0.1) is 0 Å². The normalized spacial score (nSPS) is 8.67. The summed E-state index contributed by atoms with van der Waals surface area (Å²) in [5.41, 5.74) is 0. The van der Waals surface area contributed by atoms with Crippen molar-refractivity contribution in [1.82, 2.24) is 0 Å². The predicted octanol–water partition coefficient (Wildman–Crippen LogP) is 2.15. The Labute approximate surface area is 67.0 Å². The molecule has 0 N–H and O–H groups in total. The van der Waals surface area contributed by atoms with E-state index in [4.69, 9.17) is 4.74 Å². The predicted molar refractivity (Wildman–Crippen MR) is 41.3 cm³/mol. The van der Waals surface area contributed by atoms with Crippen molar-refractivity contribution < 1.29 is 4.74 Å². The Morgan fingerprint density at radius 2 is 2.11 bits per heavy atom. The first-order valence-corrected chi connectivity index (χ1v) is 6.37. The van der Waals surface area contributed by atoms with Crippen molar-refractivity contribution in [2.24, 2.45) is 0 Å². The molecule has 0 saturated carbocycles. The van der Waals surface area contributed by atoms with Crippen molar-refractivity contribution in [2.75, 3.05) is 0 Å². The van der Waals surface area contributed by atoms with Crippen LogP contribution in [0.5, 0.6) is 0 Å². The number of hydrogen-bond acceptors (Lipinski definition) is 1. The van der Waals surface area contributed by atoms with E-state index in [2.05, 4.69) is 20.1 Å². The number of rotatable bonds is 4. The van der Waals surface area contributed by atoms with Gasteiger partial charge in [-0.05, 0) is 0 Å². The molecule has 0 heterocycles. The summed E-state index contributed by atoms with van der Waals surface area (Å²) >= 11 is -0.420. The molecular weight excluding hydrogens is 219 g/mol. The summed E-state index contributed by atoms with van der Waals surface area (Å²) in [5.74, 6) is 0.759. The van der Waals surface area contributed by atoms with E-state index in [1.54, 1.807) is 0 Å². The third-order valence-corrected chi connectivity index (χ3v) is 3.10. The molecule has 0 spiro atoms. The molecule has 9 heavy (non-hydrogen) atoms. The quantitative estimate of drug-likeness (QED) is 0.532. The summed E-state index contributed by atoms with van der Waals surface area (Å²) in [6.07, 6.45) is 0. The van der Waals surface area contributed by atoms with Gasteiger partial charge in [-0.1, -0.05) is 0 Å². The van der Waals surface area contributed by atoms with Crippen LogP contribution in [0.3, 0.4) is 0 Å². The van der Waals surface area contributed by atoms with Crippen LogP contribution in [0.25, 0.3) is 0 Å². The van der Waals surface area contributed by atoms with Crippen molar-refractivity contribution in [3.05, 3.63) is 22.7 Å². The summed E-state index contributed by atoms with van der Waals surface area (Å²) in [6, 6.07) is 0. The Bertz CT molecular complexity index is 118. The van der Waals surface area contributed by atoms with Gasteiger partial charge < -0.3 is 0 Å². The van der Waals surface area contributed by atoms with Crippen molar-refractivity contribution in [2.45, 2.75) is 18.3 Å². The van der Waals surface area contributed by atoms with Crippen molar-refractivity contribution in [3.63, 3.8) is 0 Å². The standard InChI is InChI=1S/C5H7O.C2H5.Sn/c1-4-6-5(2)3;1-2;/h1-2H2,3H3;1H2,2H3;. The summed E-state index contributed by atoms with van der Waals surface area (Å²) in [4.78, 5) is 0. The van der Waals surface area contributed by atoms with Crippen LogP contribution in [0, 0.1) is 0 Å². The Hall–Kier alpha value is 0.0787. The van der Waals surface area contributed by atoms with Gasteiger partial charge >= 0.3 is 66.9 Å². The van der Waals surface area contributed by atoms with E-state index in [1.807, 2.05) is 6.92 Å². The topological polar surface area (TPSA) is 9.23 Å². The second-order valence-corrected chi connectivity index (χ2v) is 6.38. The zero-order chi connectivity index (χ0) is 7.28. The fourth-order valence-corrected chi connectivity index (χ4v) is 2.27. The van der Waals surface area contributed by atoms with Crippen LogP contribution in [0.2, 0.25) is 4.44 Å². The average Bonchev–Trinajstić information content (AvgIpc) is 1.63. The number of allylic oxidation sites excluding steroid dienone is 1. The number of hydrogen-bond donors (Lipinski definition) is 0. The molecule has 50 valence electrons. The minimum atomic E-state index is -0.420. The summed E-state index contributed by atoms with van der Waals surface area (Å²) in [5, 5.41) is 0. The molecule has 0 aliphatic rings. The first-order valence-electron chi connectivity index (χ1n) is 2.93. The molecule has 0 amide bonds. The van der Waals surface area contributed by atoms with Crippen molar-refractivity contribution in [1.29, 1.82) is 0 Å². The zero-order valence-corrected chi connectivity index (χ0v) is 8.88. The van der Waals surface area contributed by atoms with E-state index in [9.17, 15) is 0 Å². The Morgan fingerprint density at radius 3 is 2.44 bits per heavy atom. The van der Waals surface area contributed by atoms with E-state index in [-0.39, 0.29) is 0 Å². The molecule has 0 aromatic rings. The molecule has 1 nitrogen and oxygen atoms in total. The molecule has 0 aliphatic carbocycles. The van der Waals surface area contributed by atoms with Crippen molar-refractivity contribution in [3.8, 4) is 0 Å². The fraction of sp³-hybridized carbons (Fsp3) is 0.429. The molecule has 0 aliphatic heterocycles. The maximum atomic E-state index is 5.18. The van der Waals surface area contributed by atoms with Gasteiger partial charge in [-0.3, -0.25) is 0 Å². The summed E-state index contributed by atoms with van der Waals surface area (Å²) < 4.78 is 7.40. The van der Waals surface area contributed by atoms with E-state index >= 15 is 0 Å². The molecule has 0 saturated heterocycles. The van der Waals surface area contributed by atoms with Gasteiger partial charge in [0.2, 0.25) is 0 Å². The first kappa shape index (κ1) is 9.08. The van der Waals surface area contributed by atoms with Gasteiger partial charge in [0.15, 0.2) is 0 Å². The average molecular weight is 231 g/mol. The van der Waals surface area contributed by atoms with Crippen LogP contribution in [-0.2, 0) is 4.74 Å². The van der Waals surface area contributed by atoms with Crippen LogP contribution < -0.4 is 0 Å². The Kier molecular flexibility index (Phi) is 4.95. The molecule has 2 heteroatoms. The molecule has 0 atom stereocenters. The van der Waals surface area contributed by atoms with Gasteiger partial charge in [0, 0.05) is 0 Å². The van der Waals surface area contributed by atoms with Gasteiger partial charge in [-0.25, -0.2) is 0 Å². The molecule has 0 fully saturated rings. The molecule has 0 aromatic carbocycles.